The van der Waals surface area contributed by atoms with Crippen LogP contribution in [0.3, 0.4) is 0 Å². The summed E-state index contributed by atoms with van der Waals surface area (Å²) in [6, 6.07) is 4.28. The molecule has 0 radical (unpaired) electrons. The number of carboxylic acid groups (broad SMARTS) is 1. The summed E-state index contributed by atoms with van der Waals surface area (Å²) in [6.45, 7) is 0.242. The molecule has 96 valence electrons. The van der Waals surface area contributed by atoms with Crippen LogP contribution in [0.15, 0.2) is 18.2 Å². The molecule has 1 aromatic carbocycles. The number of halogens is 1. The van der Waals surface area contributed by atoms with E-state index in [-0.39, 0.29) is 29.9 Å². The largest absolute Gasteiger partial charge is 0.490 e. The SMILES string of the molecule is O=C1CCC(COc2cc(Cl)ccc2C(=O)O)N1. The number of benzene rings is 1. The van der Waals surface area contributed by atoms with Crippen molar-refractivity contribution >= 4 is 23.5 Å². The molecule has 1 aliphatic rings. The maximum atomic E-state index is 11.0. The van der Waals surface area contributed by atoms with Crippen LogP contribution in [0.5, 0.6) is 5.75 Å². The number of carboxylic acids is 1. The van der Waals surface area contributed by atoms with E-state index in [2.05, 4.69) is 5.32 Å². The highest BCUT2D eigenvalue weighted by Gasteiger charge is 2.22. The van der Waals surface area contributed by atoms with Crippen LogP contribution < -0.4 is 10.1 Å². The van der Waals surface area contributed by atoms with E-state index in [0.717, 1.165) is 0 Å². The Balaban J connectivity index is 2.06. The summed E-state index contributed by atoms with van der Waals surface area (Å²) in [4.78, 5) is 22.0. The maximum Gasteiger partial charge on any atom is 0.339 e. The minimum Gasteiger partial charge on any atom is -0.490 e. The predicted octanol–water partition coefficient (Wildman–Crippen LogP) is 1.70. The fourth-order valence-corrected chi connectivity index (χ4v) is 1.95. The molecule has 1 atom stereocenters. The summed E-state index contributed by atoms with van der Waals surface area (Å²) in [5.74, 6) is -0.860. The Hall–Kier alpha value is -1.75. The van der Waals surface area contributed by atoms with Crippen molar-refractivity contribution in [2.24, 2.45) is 0 Å². The third-order valence-corrected chi connectivity index (χ3v) is 2.93. The monoisotopic (exact) mass is 269 g/mol. The van der Waals surface area contributed by atoms with Crippen molar-refractivity contribution in [2.75, 3.05) is 6.61 Å². The summed E-state index contributed by atoms with van der Waals surface area (Å²) in [5, 5.41) is 12.1. The van der Waals surface area contributed by atoms with Gasteiger partial charge >= 0.3 is 5.97 Å². The second-order valence-corrected chi connectivity index (χ2v) is 4.50. The number of amides is 1. The number of hydrogen-bond donors (Lipinski definition) is 2. The molecular formula is C12H12ClNO4. The van der Waals surface area contributed by atoms with E-state index in [1.807, 2.05) is 0 Å². The van der Waals surface area contributed by atoms with E-state index in [0.29, 0.717) is 17.9 Å². The van der Waals surface area contributed by atoms with E-state index >= 15 is 0 Å². The molecule has 18 heavy (non-hydrogen) atoms. The van der Waals surface area contributed by atoms with Gasteiger partial charge in [-0.15, -0.1) is 0 Å². The van der Waals surface area contributed by atoms with Crippen LogP contribution in [0.4, 0.5) is 0 Å². The Labute approximate surface area is 109 Å². The Kier molecular flexibility index (Phi) is 3.72. The van der Waals surface area contributed by atoms with Gasteiger partial charge in [-0.2, -0.15) is 0 Å². The first-order valence-electron chi connectivity index (χ1n) is 5.51. The summed E-state index contributed by atoms with van der Waals surface area (Å²) in [5.41, 5.74) is 0.0590. The lowest BCUT2D eigenvalue weighted by atomic mass is 10.2. The topological polar surface area (TPSA) is 75.6 Å². The first-order valence-corrected chi connectivity index (χ1v) is 5.89. The molecule has 0 spiro atoms. The van der Waals surface area contributed by atoms with Crippen molar-refractivity contribution in [3.8, 4) is 5.75 Å². The highest BCUT2D eigenvalue weighted by molar-refractivity contribution is 6.30. The van der Waals surface area contributed by atoms with Crippen LogP contribution in [-0.2, 0) is 4.79 Å². The molecule has 2 N–H and O–H groups in total. The molecular weight excluding hydrogens is 258 g/mol. The number of carbonyl (C=O) groups excluding carboxylic acids is 1. The van der Waals surface area contributed by atoms with Crippen LogP contribution in [0, 0.1) is 0 Å². The molecule has 1 heterocycles. The fourth-order valence-electron chi connectivity index (χ4n) is 1.78. The van der Waals surface area contributed by atoms with Gasteiger partial charge in [0.1, 0.15) is 17.9 Å². The molecule has 6 heteroatoms. The second-order valence-electron chi connectivity index (χ2n) is 4.06. The number of ether oxygens (including phenoxy) is 1. The zero-order valence-corrected chi connectivity index (χ0v) is 10.2. The van der Waals surface area contributed by atoms with E-state index in [1.54, 1.807) is 0 Å². The molecule has 1 aromatic rings. The molecule has 0 bridgehead atoms. The molecule has 5 nitrogen and oxygen atoms in total. The predicted molar refractivity (Wildman–Crippen MR) is 65.1 cm³/mol. The van der Waals surface area contributed by atoms with Gasteiger partial charge in [0.05, 0.1) is 6.04 Å². The summed E-state index contributed by atoms with van der Waals surface area (Å²) < 4.78 is 5.43. The average molecular weight is 270 g/mol. The number of hydrogen-bond acceptors (Lipinski definition) is 3. The number of rotatable bonds is 4. The van der Waals surface area contributed by atoms with Crippen molar-refractivity contribution in [3.05, 3.63) is 28.8 Å². The van der Waals surface area contributed by atoms with Crippen LogP contribution in [-0.4, -0.2) is 29.6 Å². The third-order valence-electron chi connectivity index (χ3n) is 2.70. The molecule has 1 aliphatic heterocycles. The maximum absolute atomic E-state index is 11.0. The lowest BCUT2D eigenvalue weighted by Gasteiger charge is -2.13. The standard InChI is InChI=1S/C12H12ClNO4/c13-7-1-3-9(12(16)17)10(5-7)18-6-8-2-4-11(15)14-8/h1,3,5,8H,2,4,6H2,(H,14,15)(H,16,17). The summed E-state index contributed by atoms with van der Waals surface area (Å²) >= 11 is 5.80. The van der Waals surface area contributed by atoms with E-state index in [1.165, 1.54) is 18.2 Å². The minimum atomic E-state index is -1.07. The van der Waals surface area contributed by atoms with Gasteiger partial charge in [-0.05, 0) is 24.6 Å². The molecule has 1 saturated heterocycles. The van der Waals surface area contributed by atoms with Crippen molar-refractivity contribution in [2.45, 2.75) is 18.9 Å². The molecule has 1 unspecified atom stereocenters. The minimum absolute atomic E-state index is 0.00634. The fraction of sp³-hybridized carbons (Fsp3) is 0.333. The Morgan fingerprint density at radius 3 is 2.94 bits per heavy atom. The van der Waals surface area contributed by atoms with E-state index in [9.17, 15) is 9.59 Å². The van der Waals surface area contributed by atoms with Gasteiger partial charge in [0.2, 0.25) is 5.91 Å². The number of carbonyl (C=O) groups is 2. The Bertz CT molecular complexity index is 489. The van der Waals surface area contributed by atoms with Crippen molar-refractivity contribution in [1.29, 1.82) is 0 Å². The molecule has 0 aliphatic carbocycles. The van der Waals surface area contributed by atoms with Gasteiger partial charge in [-0.3, -0.25) is 4.79 Å². The number of nitrogens with one attached hydrogen (secondary N) is 1. The third kappa shape index (κ3) is 2.92. The first-order chi connectivity index (χ1) is 8.56. The summed E-state index contributed by atoms with van der Waals surface area (Å²) in [7, 11) is 0. The highest BCUT2D eigenvalue weighted by Crippen LogP contribution is 2.24. The molecule has 0 aromatic heterocycles. The smallest absolute Gasteiger partial charge is 0.339 e. The van der Waals surface area contributed by atoms with Gasteiger partial charge in [0, 0.05) is 11.4 Å². The van der Waals surface area contributed by atoms with Gasteiger partial charge in [-0.25, -0.2) is 4.79 Å². The van der Waals surface area contributed by atoms with Gasteiger partial charge in [-0.1, -0.05) is 11.6 Å². The molecule has 0 saturated carbocycles. The van der Waals surface area contributed by atoms with Gasteiger partial charge in [0.25, 0.3) is 0 Å². The zero-order valence-electron chi connectivity index (χ0n) is 9.48. The lowest BCUT2D eigenvalue weighted by molar-refractivity contribution is -0.119. The zero-order chi connectivity index (χ0) is 13.1. The van der Waals surface area contributed by atoms with E-state index in [4.69, 9.17) is 21.4 Å². The average Bonchev–Trinajstić information content (AvgIpc) is 2.72. The second kappa shape index (κ2) is 5.27. The van der Waals surface area contributed by atoms with Crippen LogP contribution in [0.2, 0.25) is 5.02 Å². The van der Waals surface area contributed by atoms with Crippen molar-refractivity contribution in [3.63, 3.8) is 0 Å². The van der Waals surface area contributed by atoms with Crippen LogP contribution in [0.25, 0.3) is 0 Å². The molecule has 2 rings (SSSR count). The van der Waals surface area contributed by atoms with E-state index < -0.39 is 5.97 Å². The summed E-state index contributed by atoms with van der Waals surface area (Å²) in [6.07, 6.45) is 1.18. The van der Waals surface area contributed by atoms with Crippen molar-refractivity contribution < 1.29 is 19.4 Å². The quantitative estimate of drug-likeness (QED) is 0.872. The van der Waals surface area contributed by atoms with Crippen LogP contribution in [0.1, 0.15) is 23.2 Å². The highest BCUT2D eigenvalue weighted by atomic mass is 35.5. The Morgan fingerprint density at radius 2 is 2.33 bits per heavy atom. The molecule has 1 fully saturated rings. The first kappa shape index (κ1) is 12.7. The van der Waals surface area contributed by atoms with Gasteiger partial charge < -0.3 is 15.2 Å². The molecule has 1 amide bonds. The lowest BCUT2D eigenvalue weighted by Crippen LogP contribution is -2.31. The Morgan fingerprint density at radius 1 is 1.56 bits per heavy atom. The van der Waals surface area contributed by atoms with Crippen molar-refractivity contribution in [1.82, 2.24) is 5.32 Å². The van der Waals surface area contributed by atoms with Crippen LogP contribution >= 0.6 is 11.6 Å². The normalized spacial score (nSPS) is 18.5. The number of aromatic carboxylic acids is 1. The van der Waals surface area contributed by atoms with Gasteiger partial charge in [0.15, 0.2) is 0 Å².